The van der Waals surface area contributed by atoms with Crippen molar-refractivity contribution in [1.29, 1.82) is 0 Å². The van der Waals surface area contributed by atoms with Crippen molar-refractivity contribution in [3.8, 4) is 0 Å². The van der Waals surface area contributed by atoms with E-state index in [4.69, 9.17) is 4.74 Å². The smallest absolute Gasteiger partial charge is 0.243 e. The van der Waals surface area contributed by atoms with Gasteiger partial charge >= 0.3 is 0 Å². The topological polar surface area (TPSA) is 82.1 Å². The number of carbonyl (C=O) groups excluding carboxylic acids is 1. The molecule has 3 rings (SSSR count). The Hall–Kier alpha value is -1.62. The highest BCUT2D eigenvalue weighted by atomic mass is 127. The van der Waals surface area contributed by atoms with E-state index in [-0.39, 0.29) is 42.5 Å². The molecule has 2 fully saturated rings. The Morgan fingerprint density at radius 3 is 2.67 bits per heavy atom. The number of hydrogen-bond acceptors (Lipinski definition) is 5. The van der Waals surface area contributed by atoms with Crippen LogP contribution in [0.3, 0.4) is 0 Å². The van der Waals surface area contributed by atoms with E-state index in [0.717, 1.165) is 51.2 Å². The molecule has 1 amide bonds. The lowest BCUT2D eigenvalue weighted by atomic mass is 10.1. The number of hydrogen-bond donors (Lipinski definition) is 2. The maximum absolute atomic E-state index is 11.9. The van der Waals surface area contributed by atoms with Crippen LogP contribution >= 0.6 is 24.0 Å². The fraction of sp³-hybridized carbons (Fsp3) is 0.667. The Labute approximate surface area is 196 Å². The third-order valence-corrected chi connectivity index (χ3v) is 5.45. The minimum Gasteiger partial charge on any atom is -0.376 e. The number of guanidine groups is 1. The molecule has 168 valence electrons. The zero-order chi connectivity index (χ0) is 20.6. The van der Waals surface area contributed by atoms with Crippen molar-refractivity contribution in [2.75, 3.05) is 51.8 Å². The minimum atomic E-state index is -0.0107. The van der Waals surface area contributed by atoms with Crippen LogP contribution in [0, 0.1) is 6.92 Å². The standard InChI is InChI=1S/C21H34N6O2.HI/c1-16-6-7-19(22-13-16)27-10-8-17(9-11-27)25-21(24-15-20(28)26(2)3)23-14-18-5-4-12-29-18;/h6-7,13,17-18H,4-5,8-12,14-15H2,1-3H3,(H2,23,24,25);1H. The lowest BCUT2D eigenvalue weighted by molar-refractivity contribution is -0.127. The molecule has 1 unspecified atom stereocenters. The molecule has 2 aliphatic rings. The SMILES string of the molecule is Cc1ccc(N2CCC(NC(=NCC(=O)N(C)C)NCC3CCCO3)CC2)nc1.I. The number of aryl methyl sites for hydroxylation is 1. The van der Waals surface area contributed by atoms with Gasteiger partial charge in [0, 0.05) is 52.6 Å². The summed E-state index contributed by atoms with van der Waals surface area (Å²) in [6, 6.07) is 4.52. The number of aromatic nitrogens is 1. The molecular formula is C21H35IN6O2. The summed E-state index contributed by atoms with van der Waals surface area (Å²) >= 11 is 0. The second kappa shape index (κ2) is 12.3. The van der Waals surface area contributed by atoms with Crippen LogP contribution < -0.4 is 15.5 Å². The number of amides is 1. The normalized spacial score (nSPS) is 19.9. The van der Waals surface area contributed by atoms with Gasteiger partial charge in [-0.05, 0) is 44.2 Å². The van der Waals surface area contributed by atoms with Gasteiger partial charge in [-0.1, -0.05) is 6.07 Å². The van der Waals surface area contributed by atoms with Gasteiger partial charge in [-0.3, -0.25) is 4.79 Å². The summed E-state index contributed by atoms with van der Waals surface area (Å²) in [6.07, 6.45) is 6.31. The van der Waals surface area contributed by atoms with Crippen LogP contribution in [0.15, 0.2) is 23.3 Å². The lowest BCUT2D eigenvalue weighted by Crippen LogP contribution is -2.50. The number of piperidine rings is 1. The minimum absolute atomic E-state index is 0. The van der Waals surface area contributed by atoms with Crippen LogP contribution in [-0.4, -0.2) is 80.8 Å². The first kappa shape index (κ1) is 24.6. The molecule has 8 nitrogen and oxygen atoms in total. The van der Waals surface area contributed by atoms with E-state index in [9.17, 15) is 4.79 Å². The van der Waals surface area contributed by atoms with Gasteiger partial charge in [0.05, 0.1) is 6.10 Å². The third kappa shape index (κ3) is 7.57. The van der Waals surface area contributed by atoms with Crippen LogP contribution in [-0.2, 0) is 9.53 Å². The fourth-order valence-corrected chi connectivity index (χ4v) is 3.55. The summed E-state index contributed by atoms with van der Waals surface area (Å²) < 4.78 is 5.69. The van der Waals surface area contributed by atoms with Crippen molar-refractivity contribution in [2.24, 2.45) is 4.99 Å². The van der Waals surface area contributed by atoms with Crippen molar-refractivity contribution in [3.05, 3.63) is 23.9 Å². The Balaban J connectivity index is 0.00000320. The molecule has 1 aromatic rings. The van der Waals surface area contributed by atoms with E-state index in [1.807, 2.05) is 6.20 Å². The quantitative estimate of drug-likeness (QED) is 0.332. The van der Waals surface area contributed by atoms with Crippen molar-refractivity contribution < 1.29 is 9.53 Å². The first-order chi connectivity index (χ1) is 14.0. The zero-order valence-electron chi connectivity index (χ0n) is 18.3. The predicted molar refractivity (Wildman–Crippen MR) is 131 cm³/mol. The monoisotopic (exact) mass is 530 g/mol. The average molecular weight is 530 g/mol. The lowest BCUT2D eigenvalue weighted by Gasteiger charge is -2.34. The van der Waals surface area contributed by atoms with Crippen LogP contribution in [0.1, 0.15) is 31.2 Å². The maximum atomic E-state index is 11.9. The van der Waals surface area contributed by atoms with Gasteiger partial charge in [0.2, 0.25) is 5.91 Å². The number of aliphatic imine (C=N–C) groups is 1. The summed E-state index contributed by atoms with van der Waals surface area (Å²) in [6.45, 7) is 5.64. The van der Waals surface area contributed by atoms with Crippen molar-refractivity contribution in [1.82, 2.24) is 20.5 Å². The molecule has 30 heavy (non-hydrogen) atoms. The highest BCUT2D eigenvalue weighted by Crippen LogP contribution is 2.18. The van der Waals surface area contributed by atoms with Crippen molar-refractivity contribution in [3.63, 3.8) is 0 Å². The van der Waals surface area contributed by atoms with Gasteiger partial charge in [-0.2, -0.15) is 0 Å². The summed E-state index contributed by atoms with van der Waals surface area (Å²) in [4.78, 5) is 24.9. The largest absolute Gasteiger partial charge is 0.376 e. The van der Waals surface area contributed by atoms with E-state index in [1.54, 1.807) is 19.0 Å². The summed E-state index contributed by atoms with van der Waals surface area (Å²) in [5, 5.41) is 6.89. The van der Waals surface area contributed by atoms with Crippen molar-refractivity contribution in [2.45, 2.75) is 44.8 Å². The molecule has 3 heterocycles. The number of nitrogens with zero attached hydrogens (tertiary/aromatic N) is 4. The number of likely N-dealkylation sites (N-methyl/N-ethyl adjacent to an activating group) is 1. The van der Waals surface area contributed by atoms with E-state index >= 15 is 0 Å². The molecule has 9 heteroatoms. The number of carbonyl (C=O) groups is 1. The van der Waals surface area contributed by atoms with Gasteiger partial charge in [0.25, 0.3) is 0 Å². The summed E-state index contributed by atoms with van der Waals surface area (Å²) in [5.74, 6) is 1.72. The molecule has 2 N–H and O–H groups in total. The molecule has 0 saturated carbocycles. The van der Waals surface area contributed by atoms with Gasteiger partial charge in [0.1, 0.15) is 12.4 Å². The number of ether oxygens (including phenoxy) is 1. The number of nitrogens with one attached hydrogen (secondary N) is 2. The van der Waals surface area contributed by atoms with E-state index < -0.39 is 0 Å². The summed E-state index contributed by atoms with van der Waals surface area (Å²) in [5.41, 5.74) is 1.18. The second-order valence-electron chi connectivity index (χ2n) is 8.07. The molecule has 2 aliphatic heterocycles. The molecule has 0 radical (unpaired) electrons. The van der Waals surface area contributed by atoms with E-state index in [1.165, 1.54) is 5.56 Å². The Morgan fingerprint density at radius 1 is 1.30 bits per heavy atom. The Kier molecular flexibility index (Phi) is 10.1. The molecular weight excluding hydrogens is 495 g/mol. The van der Waals surface area contributed by atoms with Gasteiger partial charge in [0.15, 0.2) is 5.96 Å². The first-order valence-corrected chi connectivity index (χ1v) is 10.6. The van der Waals surface area contributed by atoms with E-state index in [0.29, 0.717) is 18.5 Å². The van der Waals surface area contributed by atoms with Crippen LogP contribution in [0.2, 0.25) is 0 Å². The first-order valence-electron chi connectivity index (χ1n) is 10.6. The van der Waals surface area contributed by atoms with E-state index in [2.05, 4.69) is 44.6 Å². The molecule has 0 aromatic carbocycles. The zero-order valence-corrected chi connectivity index (χ0v) is 20.6. The number of anilines is 1. The Bertz CT molecular complexity index is 683. The molecule has 0 bridgehead atoms. The van der Waals surface area contributed by atoms with Crippen LogP contribution in [0.4, 0.5) is 5.82 Å². The van der Waals surface area contributed by atoms with Crippen LogP contribution in [0.25, 0.3) is 0 Å². The number of halogens is 1. The highest BCUT2D eigenvalue weighted by Gasteiger charge is 2.22. The van der Waals surface area contributed by atoms with Crippen LogP contribution in [0.5, 0.6) is 0 Å². The maximum Gasteiger partial charge on any atom is 0.243 e. The molecule has 0 aliphatic carbocycles. The molecule has 1 aromatic heterocycles. The number of pyridine rings is 1. The van der Waals surface area contributed by atoms with Gasteiger partial charge in [-0.25, -0.2) is 9.98 Å². The fourth-order valence-electron chi connectivity index (χ4n) is 3.55. The van der Waals surface area contributed by atoms with Gasteiger partial charge in [-0.15, -0.1) is 24.0 Å². The average Bonchev–Trinajstić information content (AvgIpc) is 3.24. The molecule has 2 saturated heterocycles. The number of rotatable bonds is 6. The Morgan fingerprint density at radius 2 is 2.07 bits per heavy atom. The van der Waals surface area contributed by atoms with Gasteiger partial charge < -0.3 is 25.2 Å². The summed E-state index contributed by atoms with van der Waals surface area (Å²) in [7, 11) is 3.50. The second-order valence-corrected chi connectivity index (χ2v) is 8.07. The highest BCUT2D eigenvalue weighted by molar-refractivity contribution is 14.0. The predicted octanol–water partition coefficient (Wildman–Crippen LogP) is 1.78. The molecule has 0 spiro atoms. The van der Waals surface area contributed by atoms with Crippen molar-refractivity contribution >= 4 is 41.7 Å². The molecule has 1 atom stereocenters. The third-order valence-electron chi connectivity index (χ3n) is 5.45.